The van der Waals surface area contributed by atoms with Crippen molar-refractivity contribution in [1.82, 2.24) is 0 Å². The first-order valence-electron chi connectivity index (χ1n) is 10.5. The van der Waals surface area contributed by atoms with Crippen molar-refractivity contribution in [3.63, 3.8) is 0 Å². The van der Waals surface area contributed by atoms with Gasteiger partial charge in [-0.05, 0) is 34.7 Å². The van der Waals surface area contributed by atoms with Crippen molar-refractivity contribution in [2.45, 2.75) is 4.90 Å². The van der Waals surface area contributed by atoms with E-state index in [1.54, 1.807) is 12.1 Å². The van der Waals surface area contributed by atoms with Crippen molar-refractivity contribution in [2.75, 3.05) is 19.0 Å². The second-order valence-electron chi connectivity index (χ2n) is 7.50. The topological polar surface area (TPSA) is 52.6 Å². The highest BCUT2D eigenvalue weighted by Crippen LogP contribution is 2.42. The van der Waals surface area contributed by atoms with Crippen LogP contribution >= 0.6 is 23.4 Å². The first-order valence-corrected chi connectivity index (χ1v) is 11.9. The Kier molecular flexibility index (Phi) is 6.07. The summed E-state index contributed by atoms with van der Waals surface area (Å²) in [6.45, 7) is 0.363. The lowest BCUT2D eigenvalue weighted by atomic mass is 9.83. The van der Waals surface area contributed by atoms with Crippen LogP contribution in [-0.4, -0.2) is 30.7 Å². The lowest BCUT2D eigenvalue weighted by Crippen LogP contribution is -2.14. The summed E-state index contributed by atoms with van der Waals surface area (Å²) < 4.78 is 10.8. The van der Waals surface area contributed by atoms with Gasteiger partial charge in [0.15, 0.2) is 5.78 Å². The first kappa shape index (κ1) is 21.6. The molecule has 0 unspecified atom stereocenters. The zero-order chi connectivity index (χ0) is 22.8. The van der Waals surface area contributed by atoms with Gasteiger partial charge < -0.3 is 9.47 Å². The lowest BCUT2D eigenvalue weighted by Gasteiger charge is -2.21. The third-order valence-electron chi connectivity index (χ3n) is 5.49. The van der Waals surface area contributed by atoms with Crippen LogP contribution in [0.1, 0.15) is 15.9 Å². The number of para-hydroxylation sites is 1. The summed E-state index contributed by atoms with van der Waals surface area (Å²) in [5, 5.41) is 2.42. The first-order chi connectivity index (χ1) is 16.1. The summed E-state index contributed by atoms with van der Waals surface area (Å²) in [6, 6.07) is 24.6. The van der Waals surface area contributed by atoms with Crippen LogP contribution in [0.4, 0.5) is 0 Å². The second-order valence-corrected chi connectivity index (χ2v) is 8.93. The number of rotatable bonds is 7. The van der Waals surface area contributed by atoms with Crippen molar-refractivity contribution >= 4 is 45.9 Å². The summed E-state index contributed by atoms with van der Waals surface area (Å²) >= 11 is 7.45. The second kappa shape index (κ2) is 9.30. The monoisotopic (exact) mass is 474 g/mol. The van der Waals surface area contributed by atoms with Gasteiger partial charge in [0.1, 0.15) is 19.0 Å². The molecule has 4 nitrogen and oxygen atoms in total. The van der Waals surface area contributed by atoms with Gasteiger partial charge in [-0.2, -0.15) is 0 Å². The third-order valence-corrected chi connectivity index (χ3v) is 6.85. The van der Waals surface area contributed by atoms with Gasteiger partial charge in [-0.15, -0.1) is 11.8 Å². The van der Waals surface area contributed by atoms with Crippen molar-refractivity contribution in [3.05, 3.63) is 95.0 Å². The van der Waals surface area contributed by atoms with Gasteiger partial charge in [0.05, 0.1) is 10.8 Å². The van der Waals surface area contributed by atoms with E-state index in [0.717, 1.165) is 32.4 Å². The van der Waals surface area contributed by atoms with E-state index in [9.17, 15) is 9.59 Å². The molecule has 0 amide bonds. The molecule has 164 valence electrons. The van der Waals surface area contributed by atoms with Gasteiger partial charge in [0, 0.05) is 21.4 Å². The largest absolute Gasteiger partial charge is 0.488 e. The van der Waals surface area contributed by atoms with Crippen molar-refractivity contribution in [3.8, 4) is 16.9 Å². The Bertz CT molecular complexity index is 1380. The fourth-order valence-electron chi connectivity index (χ4n) is 4.03. The zero-order valence-electron chi connectivity index (χ0n) is 17.5. The van der Waals surface area contributed by atoms with Crippen LogP contribution in [0, 0.1) is 0 Å². The highest BCUT2D eigenvalue weighted by Gasteiger charge is 2.25. The fourth-order valence-corrected chi connectivity index (χ4v) is 5.06. The highest BCUT2D eigenvalue weighted by molar-refractivity contribution is 8.00. The molecule has 6 heteroatoms. The number of carbonyl (C=O) groups excluding carboxylic acids is 2. The molecule has 1 aliphatic carbocycles. The molecule has 4 aromatic carbocycles. The number of ether oxygens (including phenoxy) is 2. The van der Waals surface area contributed by atoms with Gasteiger partial charge >= 0.3 is 5.97 Å². The van der Waals surface area contributed by atoms with E-state index < -0.39 is 0 Å². The van der Waals surface area contributed by atoms with E-state index in [1.807, 2.05) is 66.7 Å². The third kappa shape index (κ3) is 4.22. The van der Waals surface area contributed by atoms with Gasteiger partial charge in [0.2, 0.25) is 0 Å². The standard InChI is InChI=1S/C27H19ClO4S/c28-22-10-3-4-11-23(22)31-14-15-32-25(29)16-33-24-13-12-18-17-6-1-2-7-19(17)27(30)21-9-5-8-20(24)26(18)21/h1-13H,14-16H2. The van der Waals surface area contributed by atoms with E-state index in [0.29, 0.717) is 16.3 Å². The molecular formula is C27H19ClO4S. The van der Waals surface area contributed by atoms with E-state index in [4.69, 9.17) is 21.1 Å². The summed E-state index contributed by atoms with van der Waals surface area (Å²) in [6.07, 6.45) is 0. The maximum absolute atomic E-state index is 13.0. The minimum absolute atomic E-state index is 0.0313. The number of benzene rings is 4. The zero-order valence-corrected chi connectivity index (χ0v) is 19.1. The average molecular weight is 475 g/mol. The molecule has 0 saturated carbocycles. The van der Waals surface area contributed by atoms with E-state index in [-0.39, 0.29) is 30.7 Å². The van der Waals surface area contributed by atoms with Crippen LogP contribution in [0.25, 0.3) is 21.9 Å². The van der Waals surface area contributed by atoms with Crippen LogP contribution in [-0.2, 0) is 9.53 Å². The summed E-state index contributed by atoms with van der Waals surface area (Å²) in [5.41, 5.74) is 3.41. The van der Waals surface area contributed by atoms with Gasteiger partial charge in [-0.25, -0.2) is 0 Å². The van der Waals surface area contributed by atoms with Crippen LogP contribution < -0.4 is 4.74 Å². The molecular weight excluding hydrogens is 456 g/mol. The number of fused-ring (bicyclic) bond motifs is 2. The minimum Gasteiger partial charge on any atom is -0.488 e. The highest BCUT2D eigenvalue weighted by atomic mass is 35.5. The molecule has 1 aliphatic rings. The fraction of sp³-hybridized carbons (Fsp3) is 0.111. The van der Waals surface area contributed by atoms with Crippen LogP contribution in [0.15, 0.2) is 83.8 Å². The Hall–Kier alpha value is -3.28. The quantitative estimate of drug-likeness (QED) is 0.155. The summed E-state index contributed by atoms with van der Waals surface area (Å²) in [5.74, 6) is 0.424. The minimum atomic E-state index is -0.329. The molecule has 5 rings (SSSR count). The van der Waals surface area contributed by atoms with E-state index >= 15 is 0 Å². The van der Waals surface area contributed by atoms with Crippen molar-refractivity contribution < 1.29 is 19.1 Å². The van der Waals surface area contributed by atoms with Gasteiger partial charge in [-0.3, -0.25) is 9.59 Å². The Morgan fingerprint density at radius 1 is 0.788 bits per heavy atom. The number of hydrogen-bond acceptors (Lipinski definition) is 5. The number of hydrogen-bond donors (Lipinski definition) is 0. The number of ketones is 1. The molecule has 0 aromatic heterocycles. The van der Waals surface area contributed by atoms with Gasteiger partial charge in [-0.1, -0.05) is 72.3 Å². The Balaban J connectivity index is 1.27. The Labute approximate surface area is 200 Å². The normalized spacial score (nSPS) is 11.8. The number of halogens is 1. The Morgan fingerprint density at radius 3 is 2.39 bits per heavy atom. The molecule has 33 heavy (non-hydrogen) atoms. The molecule has 0 heterocycles. The molecule has 0 N–H and O–H groups in total. The summed E-state index contributed by atoms with van der Waals surface area (Å²) in [4.78, 5) is 26.2. The van der Waals surface area contributed by atoms with Crippen molar-refractivity contribution in [1.29, 1.82) is 0 Å². The predicted molar refractivity (Wildman–Crippen MR) is 131 cm³/mol. The molecule has 0 saturated heterocycles. The van der Waals surface area contributed by atoms with E-state index in [1.165, 1.54) is 11.8 Å². The number of carbonyl (C=O) groups is 2. The van der Waals surface area contributed by atoms with E-state index in [2.05, 4.69) is 0 Å². The van der Waals surface area contributed by atoms with Crippen molar-refractivity contribution in [2.24, 2.45) is 0 Å². The molecule has 0 fully saturated rings. The molecule has 0 spiro atoms. The molecule has 4 aromatic rings. The predicted octanol–water partition coefficient (Wildman–Crippen LogP) is 6.42. The molecule has 0 atom stereocenters. The maximum Gasteiger partial charge on any atom is 0.316 e. The SMILES string of the molecule is O=C(CSc1ccc2c3c(cccc13)C(=O)c1ccccc1-2)OCCOc1ccccc1Cl. The number of thioether (sulfide) groups is 1. The maximum atomic E-state index is 13.0. The molecule has 0 aliphatic heterocycles. The molecule has 0 radical (unpaired) electrons. The molecule has 0 bridgehead atoms. The Morgan fingerprint density at radius 2 is 1.55 bits per heavy atom. The van der Waals surface area contributed by atoms with Crippen LogP contribution in [0.5, 0.6) is 5.75 Å². The van der Waals surface area contributed by atoms with Crippen LogP contribution in [0.2, 0.25) is 5.02 Å². The average Bonchev–Trinajstić information content (AvgIpc) is 2.85. The smallest absolute Gasteiger partial charge is 0.316 e. The number of esters is 1. The van der Waals surface area contributed by atoms with Gasteiger partial charge in [0.25, 0.3) is 0 Å². The summed E-state index contributed by atoms with van der Waals surface area (Å²) in [7, 11) is 0. The van der Waals surface area contributed by atoms with Crippen LogP contribution in [0.3, 0.4) is 0 Å². The lowest BCUT2D eigenvalue weighted by molar-refractivity contribution is -0.141.